The molecule has 0 saturated carbocycles. The second-order valence-corrected chi connectivity index (χ2v) is 7.32. The van der Waals surface area contributed by atoms with Gasteiger partial charge < -0.3 is 10.1 Å². The van der Waals surface area contributed by atoms with Gasteiger partial charge in [-0.2, -0.15) is 0 Å². The van der Waals surface area contributed by atoms with Crippen LogP contribution in [0.5, 0.6) is 0 Å². The van der Waals surface area contributed by atoms with Gasteiger partial charge in [0.2, 0.25) is 0 Å². The number of aromatic nitrogens is 2. The Bertz CT molecular complexity index is 808. The molecule has 0 amide bonds. The number of hydrogen-bond acceptors (Lipinski definition) is 5. The average molecular weight is 323 g/mol. The minimum atomic E-state index is -3.67. The van der Waals surface area contributed by atoms with Gasteiger partial charge in [-0.25, -0.2) is 18.1 Å². The fourth-order valence-corrected chi connectivity index (χ4v) is 3.91. The number of hydrogen-bond donors (Lipinski definition) is 3. The SMILES string of the molecule is O=S(=O)(NCC(O)c1cc2ccccc2s1)c1cnc[nH]1. The number of aliphatic hydroxyl groups is 1. The zero-order valence-corrected chi connectivity index (χ0v) is 12.5. The van der Waals surface area contributed by atoms with E-state index in [0.29, 0.717) is 0 Å². The van der Waals surface area contributed by atoms with Crippen molar-refractivity contribution in [3.8, 4) is 0 Å². The zero-order valence-electron chi connectivity index (χ0n) is 10.9. The Kier molecular flexibility index (Phi) is 3.77. The minimum absolute atomic E-state index is 0.0222. The lowest BCUT2D eigenvalue weighted by Gasteiger charge is -2.09. The predicted molar refractivity (Wildman–Crippen MR) is 80.6 cm³/mol. The van der Waals surface area contributed by atoms with E-state index in [1.54, 1.807) is 0 Å². The number of imidazole rings is 1. The summed E-state index contributed by atoms with van der Waals surface area (Å²) in [5.41, 5.74) is 0. The van der Waals surface area contributed by atoms with Gasteiger partial charge in [0, 0.05) is 16.1 Å². The summed E-state index contributed by atoms with van der Waals surface area (Å²) >= 11 is 1.45. The van der Waals surface area contributed by atoms with E-state index in [2.05, 4.69) is 14.7 Å². The maximum absolute atomic E-state index is 11.9. The standard InChI is InChI=1S/C13H13N3O3S2/c17-10(6-16-21(18,19)13-7-14-8-15-13)12-5-9-3-1-2-4-11(9)20-12/h1-5,7-8,10,16-17H,6H2,(H,14,15). The molecule has 3 rings (SSSR count). The van der Waals surface area contributed by atoms with E-state index in [1.807, 2.05) is 30.3 Å². The van der Waals surface area contributed by atoms with Gasteiger partial charge in [-0.15, -0.1) is 11.3 Å². The van der Waals surface area contributed by atoms with Crippen LogP contribution in [0.1, 0.15) is 11.0 Å². The first kappa shape index (κ1) is 14.2. The van der Waals surface area contributed by atoms with Gasteiger partial charge in [0.05, 0.1) is 12.5 Å². The molecule has 0 aliphatic heterocycles. The van der Waals surface area contributed by atoms with Crippen LogP contribution in [0.3, 0.4) is 0 Å². The van der Waals surface area contributed by atoms with Gasteiger partial charge >= 0.3 is 0 Å². The molecule has 3 N–H and O–H groups in total. The first-order valence-corrected chi connectivity index (χ1v) is 8.51. The lowest BCUT2D eigenvalue weighted by molar-refractivity contribution is 0.186. The molecule has 0 fully saturated rings. The second kappa shape index (κ2) is 5.57. The summed E-state index contributed by atoms with van der Waals surface area (Å²) in [6.45, 7) is -0.0891. The van der Waals surface area contributed by atoms with Crippen LogP contribution in [-0.2, 0) is 10.0 Å². The van der Waals surface area contributed by atoms with E-state index in [1.165, 1.54) is 23.9 Å². The summed E-state index contributed by atoms with van der Waals surface area (Å²) < 4.78 is 27.2. The van der Waals surface area contributed by atoms with Crippen LogP contribution in [0.4, 0.5) is 0 Å². The maximum atomic E-state index is 11.9. The number of benzene rings is 1. The first-order valence-electron chi connectivity index (χ1n) is 6.21. The highest BCUT2D eigenvalue weighted by atomic mass is 32.2. The summed E-state index contributed by atoms with van der Waals surface area (Å²) in [5, 5.41) is 11.2. The van der Waals surface area contributed by atoms with Crippen molar-refractivity contribution in [3.05, 3.63) is 47.7 Å². The van der Waals surface area contributed by atoms with Crippen molar-refractivity contribution in [1.82, 2.24) is 14.7 Å². The van der Waals surface area contributed by atoms with E-state index in [9.17, 15) is 13.5 Å². The third-order valence-electron chi connectivity index (χ3n) is 3.00. The molecule has 0 saturated heterocycles. The van der Waals surface area contributed by atoms with Crippen LogP contribution in [0.2, 0.25) is 0 Å². The predicted octanol–water partition coefficient (Wildman–Crippen LogP) is 1.64. The number of fused-ring (bicyclic) bond motifs is 1. The minimum Gasteiger partial charge on any atom is -0.386 e. The molecule has 1 aromatic carbocycles. The molecule has 6 nitrogen and oxygen atoms in total. The molecule has 0 spiro atoms. The van der Waals surface area contributed by atoms with E-state index in [4.69, 9.17) is 0 Å². The quantitative estimate of drug-likeness (QED) is 0.665. The van der Waals surface area contributed by atoms with Gasteiger partial charge in [0.1, 0.15) is 6.10 Å². The third kappa shape index (κ3) is 2.98. The van der Waals surface area contributed by atoms with Crippen LogP contribution in [0.15, 0.2) is 47.9 Å². The number of nitrogens with one attached hydrogen (secondary N) is 2. The molecular weight excluding hydrogens is 310 g/mol. The fraction of sp³-hybridized carbons (Fsp3) is 0.154. The van der Waals surface area contributed by atoms with Crippen molar-refractivity contribution in [3.63, 3.8) is 0 Å². The van der Waals surface area contributed by atoms with Crippen LogP contribution in [-0.4, -0.2) is 30.0 Å². The van der Waals surface area contributed by atoms with Crippen LogP contribution >= 0.6 is 11.3 Å². The molecule has 3 aromatic rings. The number of rotatable bonds is 5. The van der Waals surface area contributed by atoms with E-state index in [0.717, 1.165) is 15.0 Å². The molecule has 0 aliphatic carbocycles. The smallest absolute Gasteiger partial charge is 0.257 e. The van der Waals surface area contributed by atoms with Gasteiger partial charge in [-0.05, 0) is 17.5 Å². The van der Waals surface area contributed by atoms with Gasteiger partial charge in [0.25, 0.3) is 10.0 Å². The van der Waals surface area contributed by atoms with E-state index < -0.39 is 16.1 Å². The van der Waals surface area contributed by atoms with Crippen molar-refractivity contribution in [2.45, 2.75) is 11.1 Å². The molecule has 1 atom stereocenters. The first-order chi connectivity index (χ1) is 10.1. The summed E-state index contributed by atoms with van der Waals surface area (Å²) in [6.07, 6.45) is 1.62. The molecule has 0 aliphatic rings. The zero-order chi connectivity index (χ0) is 14.9. The lowest BCUT2D eigenvalue weighted by Crippen LogP contribution is -2.28. The van der Waals surface area contributed by atoms with Crippen LogP contribution in [0.25, 0.3) is 10.1 Å². The molecule has 21 heavy (non-hydrogen) atoms. The van der Waals surface area contributed by atoms with Gasteiger partial charge in [0.15, 0.2) is 5.03 Å². The Morgan fingerprint density at radius 1 is 1.38 bits per heavy atom. The number of sulfonamides is 1. The maximum Gasteiger partial charge on any atom is 0.257 e. The summed E-state index contributed by atoms with van der Waals surface area (Å²) in [6, 6.07) is 9.64. The Morgan fingerprint density at radius 3 is 2.90 bits per heavy atom. The monoisotopic (exact) mass is 323 g/mol. The van der Waals surface area contributed by atoms with Crippen molar-refractivity contribution in [1.29, 1.82) is 0 Å². The molecule has 110 valence electrons. The fourth-order valence-electron chi connectivity index (χ4n) is 1.92. The topological polar surface area (TPSA) is 95.1 Å². The lowest BCUT2D eigenvalue weighted by atomic mass is 10.2. The molecular formula is C13H13N3O3S2. The number of aliphatic hydroxyl groups excluding tert-OH is 1. The number of H-pyrrole nitrogens is 1. The average Bonchev–Trinajstić information content (AvgIpc) is 3.13. The Labute approximate surface area is 125 Å². The normalized spacial score (nSPS) is 13.6. The number of nitrogens with zero attached hydrogens (tertiary/aromatic N) is 1. The summed E-state index contributed by atoms with van der Waals surface area (Å²) in [5.74, 6) is 0. The highest BCUT2D eigenvalue weighted by molar-refractivity contribution is 7.89. The van der Waals surface area contributed by atoms with Crippen molar-refractivity contribution < 1.29 is 13.5 Å². The Morgan fingerprint density at radius 2 is 2.19 bits per heavy atom. The molecule has 8 heteroatoms. The summed E-state index contributed by atoms with van der Waals surface area (Å²) in [7, 11) is -3.67. The van der Waals surface area contributed by atoms with Crippen LogP contribution in [0, 0.1) is 0 Å². The largest absolute Gasteiger partial charge is 0.386 e. The third-order valence-corrected chi connectivity index (χ3v) is 5.57. The molecule has 2 aromatic heterocycles. The summed E-state index contributed by atoms with van der Waals surface area (Å²) in [4.78, 5) is 6.91. The highest BCUT2D eigenvalue weighted by Crippen LogP contribution is 2.29. The molecule has 1 unspecified atom stereocenters. The van der Waals surface area contributed by atoms with Gasteiger partial charge in [-0.3, -0.25) is 0 Å². The number of thiophene rings is 1. The van der Waals surface area contributed by atoms with Crippen molar-refractivity contribution in [2.24, 2.45) is 0 Å². The Balaban J connectivity index is 1.73. The van der Waals surface area contributed by atoms with Crippen molar-refractivity contribution >= 4 is 31.4 Å². The van der Waals surface area contributed by atoms with Crippen molar-refractivity contribution in [2.75, 3.05) is 6.54 Å². The van der Waals surface area contributed by atoms with E-state index in [-0.39, 0.29) is 11.6 Å². The molecule has 0 radical (unpaired) electrons. The Hall–Kier alpha value is -1.74. The highest BCUT2D eigenvalue weighted by Gasteiger charge is 2.18. The number of aromatic amines is 1. The van der Waals surface area contributed by atoms with Gasteiger partial charge in [-0.1, -0.05) is 18.2 Å². The van der Waals surface area contributed by atoms with E-state index >= 15 is 0 Å². The second-order valence-electron chi connectivity index (χ2n) is 4.47. The molecule has 0 bridgehead atoms. The van der Waals surface area contributed by atoms with Crippen LogP contribution < -0.4 is 4.72 Å². The molecule has 2 heterocycles.